The van der Waals surface area contributed by atoms with Gasteiger partial charge in [0, 0.05) is 11.3 Å². The zero-order chi connectivity index (χ0) is 22.3. The Balaban J connectivity index is 2.01. The van der Waals surface area contributed by atoms with E-state index in [9.17, 15) is 23.1 Å². The molecule has 0 aliphatic carbocycles. The van der Waals surface area contributed by atoms with Crippen LogP contribution in [0.25, 0.3) is 0 Å². The average molecular weight is 467 g/mol. The first-order valence-electron chi connectivity index (χ1n) is 8.50. The standard InChI is InChI=1S/C18H18N4O5S3/c1-2-15(28)22(18(24)25)17(29)19-13-10-8-12(9-11-13)16(23)20-21-30(26,27)14-6-4-3-5-7-14/h3-11,21H,2H2,1H3,(H,19,29)(H,20,23)(H,24,25). The van der Waals surface area contributed by atoms with Gasteiger partial charge in [-0.25, -0.2) is 18.1 Å². The van der Waals surface area contributed by atoms with Gasteiger partial charge in [-0.3, -0.25) is 10.2 Å². The highest BCUT2D eigenvalue weighted by molar-refractivity contribution is 7.89. The minimum absolute atomic E-state index is 0.00587. The second-order valence-electron chi connectivity index (χ2n) is 5.75. The molecule has 2 rings (SSSR count). The molecule has 158 valence electrons. The molecule has 2 aromatic rings. The summed E-state index contributed by atoms with van der Waals surface area (Å²) in [5.74, 6) is -0.678. The van der Waals surface area contributed by atoms with Gasteiger partial charge in [-0.1, -0.05) is 37.3 Å². The van der Waals surface area contributed by atoms with Gasteiger partial charge in [-0.15, -0.1) is 4.83 Å². The molecule has 0 unspecified atom stereocenters. The number of rotatable bonds is 6. The Morgan fingerprint density at radius 1 is 1.03 bits per heavy atom. The summed E-state index contributed by atoms with van der Waals surface area (Å²) in [5.41, 5.74) is 2.72. The van der Waals surface area contributed by atoms with Crippen molar-refractivity contribution in [1.29, 1.82) is 0 Å². The van der Waals surface area contributed by atoms with Gasteiger partial charge in [0.1, 0.15) is 0 Å². The molecular weight excluding hydrogens is 448 g/mol. The van der Waals surface area contributed by atoms with Gasteiger partial charge in [0.25, 0.3) is 15.9 Å². The highest BCUT2D eigenvalue weighted by Crippen LogP contribution is 2.12. The van der Waals surface area contributed by atoms with E-state index in [1.807, 2.05) is 4.83 Å². The first-order valence-corrected chi connectivity index (χ1v) is 10.8. The summed E-state index contributed by atoms with van der Waals surface area (Å²) in [5, 5.41) is 11.9. The summed E-state index contributed by atoms with van der Waals surface area (Å²) < 4.78 is 24.3. The number of benzene rings is 2. The first-order chi connectivity index (χ1) is 14.2. The van der Waals surface area contributed by atoms with Crippen molar-refractivity contribution in [2.75, 3.05) is 5.32 Å². The molecule has 0 spiro atoms. The summed E-state index contributed by atoms with van der Waals surface area (Å²) in [4.78, 5) is 26.5. The lowest BCUT2D eigenvalue weighted by Gasteiger charge is -2.20. The lowest BCUT2D eigenvalue weighted by molar-refractivity contribution is 0.0945. The smallest absolute Gasteiger partial charge is 0.418 e. The molecule has 9 nitrogen and oxygen atoms in total. The number of nitrogens with zero attached hydrogens (tertiary/aromatic N) is 1. The quantitative estimate of drug-likeness (QED) is 0.378. The summed E-state index contributed by atoms with van der Waals surface area (Å²) in [6.07, 6.45) is -0.984. The van der Waals surface area contributed by atoms with Crippen LogP contribution in [0.1, 0.15) is 23.7 Å². The van der Waals surface area contributed by atoms with E-state index < -0.39 is 22.0 Å². The van der Waals surface area contributed by atoms with Gasteiger partial charge in [-0.2, -0.15) is 0 Å². The molecule has 0 heterocycles. The topological polar surface area (TPSA) is 128 Å². The number of hydrogen-bond donors (Lipinski definition) is 4. The van der Waals surface area contributed by atoms with Crippen LogP contribution in [0.3, 0.4) is 0 Å². The molecule has 30 heavy (non-hydrogen) atoms. The summed E-state index contributed by atoms with van der Waals surface area (Å²) >= 11 is 10.1. The number of carbonyl (C=O) groups excluding carboxylic acids is 1. The Kier molecular flexibility index (Phi) is 7.94. The van der Waals surface area contributed by atoms with Crippen LogP contribution in [-0.2, 0) is 10.0 Å². The Labute approximate surface area is 184 Å². The third-order valence-electron chi connectivity index (χ3n) is 3.70. The van der Waals surface area contributed by atoms with Crippen molar-refractivity contribution in [3.05, 3.63) is 60.2 Å². The van der Waals surface area contributed by atoms with Crippen LogP contribution in [0.5, 0.6) is 0 Å². The van der Waals surface area contributed by atoms with E-state index >= 15 is 0 Å². The molecule has 2 aromatic carbocycles. The van der Waals surface area contributed by atoms with Crippen LogP contribution in [-0.4, -0.2) is 40.5 Å². The highest BCUT2D eigenvalue weighted by atomic mass is 32.2. The lowest BCUT2D eigenvalue weighted by Crippen LogP contribution is -2.42. The van der Waals surface area contributed by atoms with Crippen molar-refractivity contribution in [3.8, 4) is 0 Å². The van der Waals surface area contributed by atoms with Crippen LogP contribution in [0.2, 0.25) is 0 Å². The summed E-state index contributed by atoms with van der Waals surface area (Å²) in [6, 6.07) is 13.4. The number of carboxylic acid groups (broad SMARTS) is 1. The predicted octanol–water partition coefficient (Wildman–Crippen LogP) is 2.72. The summed E-state index contributed by atoms with van der Waals surface area (Å²) in [7, 11) is -3.90. The fourth-order valence-electron chi connectivity index (χ4n) is 2.19. The lowest BCUT2D eigenvalue weighted by atomic mass is 10.2. The molecule has 0 aromatic heterocycles. The van der Waals surface area contributed by atoms with Crippen molar-refractivity contribution in [3.63, 3.8) is 0 Å². The average Bonchev–Trinajstić information content (AvgIpc) is 2.73. The number of hydrogen-bond acceptors (Lipinski definition) is 6. The third-order valence-corrected chi connectivity index (χ3v) is 5.72. The van der Waals surface area contributed by atoms with E-state index in [2.05, 4.69) is 10.7 Å². The zero-order valence-electron chi connectivity index (χ0n) is 15.7. The molecule has 0 saturated heterocycles. The van der Waals surface area contributed by atoms with E-state index in [0.717, 1.165) is 4.90 Å². The normalized spacial score (nSPS) is 10.7. The van der Waals surface area contributed by atoms with Crippen molar-refractivity contribution >= 4 is 62.2 Å². The highest BCUT2D eigenvalue weighted by Gasteiger charge is 2.21. The third kappa shape index (κ3) is 6.03. The largest absolute Gasteiger partial charge is 0.464 e. The SMILES string of the molecule is CCC(=S)N(C(=O)O)C(=S)Nc1ccc(C(=O)NNS(=O)(=O)c2ccccc2)cc1. The maximum absolute atomic E-state index is 12.2. The van der Waals surface area contributed by atoms with Gasteiger partial charge in [0.15, 0.2) is 5.11 Å². The van der Waals surface area contributed by atoms with E-state index in [1.54, 1.807) is 25.1 Å². The van der Waals surface area contributed by atoms with Gasteiger partial charge in [0.2, 0.25) is 0 Å². The number of amides is 2. The van der Waals surface area contributed by atoms with Gasteiger partial charge >= 0.3 is 6.09 Å². The second kappa shape index (κ2) is 10.2. The molecule has 0 fully saturated rings. The molecule has 0 aliphatic rings. The molecule has 0 radical (unpaired) electrons. The number of sulfonamides is 1. The molecule has 0 saturated carbocycles. The van der Waals surface area contributed by atoms with Crippen LogP contribution in [0, 0.1) is 0 Å². The molecule has 2 amide bonds. The van der Waals surface area contributed by atoms with Gasteiger partial charge < -0.3 is 10.4 Å². The Morgan fingerprint density at radius 2 is 1.63 bits per heavy atom. The monoisotopic (exact) mass is 466 g/mol. The van der Waals surface area contributed by atoms with Crippen molar-refractivity contribution in [2.24, 2.45) is 0 Å². The van der Waals surface area contributed by atoms with Crippen molar-refractivity contribution in [2.45, 2.75) is 18.2 Å². The molecule has 4 N–H and O–H groups in total. The van der Waals surface area contributed by atoms with Gasteiger partial charge in [-0.05, 0) is 55.0 Å². The predicted molar refractivity (Wildman–Crippen MR) is 120 cm³/mol. The van der Waals surface area contributed by atoms with E-state index in [0.29, 0.717) is 12.1 Å². The van der Waals surface area contributed by atoms with E-state index in [1.165, 1.54) is 36.4 Å². The minimum atomic E-state index is -3.90. The molecule has 0 atom stereocenters. The Hall–Kier alpha value is -2.93. The number of anilines is 1. The van der Waals surface area contributed by atoms with E-state index in [-0.39, 0.29) is 20.6 Å². The Morgan fingerprint density at radius 3 is 2.17 bits per heavy atom. The molecule has 0 bridgehead atoms. The summed E-state index contributed by atoms with van der Waals surface area (Å²) in [6.45, 7) is 1.71. The molecular formula is C18H18N4O5S3. The molecule has 12 heteroatoms. The van der Waals surface area contributed by atoms with Crippen LogP contribution in [0.15, 0.2) is 59.5 Å². The van der Waals surface area contributed by atoms with Crippen LogP contribution >= 0.6 is 24.4 Å². The fourth-order valence-corrected chi connectivity index (χ4v) is 3.59. The Bertz CT molecular complexity index is 1060. The molecule has 0 aliphatic heterocycles. The van der Waals surface area contributed by atoms with Crippen molar-refractivity contribution in [1.82, 2.24) is 15.2 Å². The maximum Gasteiger partial charge on any atom is 0.418 e. The minimum Gasteiger partial charge on any atom is -0.464 e. The van der Waals surface area contributed by atoms with Gasteiger partial charge in [0.05, 0.1) is 9.88 Å². The first kappa shape index (κ1) is 23.3. The number of carbonyl (C=O) groups is 2. The van der Waals surface area contributed by atoms with Crippen LogP contribution < -0.4 is 15.6 Å². The van der Waals surface area contributed by atoms with Crippen molar-refractivity contribution < 1.29 is 23.1 Å². The number of nitrogens with one attached hydrogen (secondary N) is 3. The van der Waals surface area contributed by atoms with Crippen LogP contribution in [0.4, 0.5) is 10.5 Å². The zero-order valence-corrected chi connectivity index (χ0v) is 18.1. The number of hydrazine groups is 1. The maximum atomic E-state index is 12.2. The van der Waals surface area contributed by atoms with E-state index in [4.69, 9.17) is 24.4 Å². The second-order valence-corrected chi connectivity index (χ2v) is 8.29. The number of thiocarbonyl (C=S) groups is 2. The fraction of sp³-hybridized carbons (Fsp3) is 0.111.